The molecule has 1 aliphatic rings. The lowest BCUT2D eigenvalue weighted by Crippen LogP contribution is -2.33. The maximum Gasteiger partial charge on any atom is 0.215 e. The second kappa shape index (κ2) is 3.08. The SMILES string of the molecule is CNS(=O)(=O)[C@@H]1CCN(C)C1. The second-order valence-corrected chi connectivity index (χ2v) is 5.09. The molecule has 0 saturated carbocycles. The Kier molecular flexibility index (Phi) is 2.51. The first-order valence-corrected chi connectivity index (χ1v) is 5.22. The van der Waals surface area contributed by atoms with Crippen molar-refractivity contribution >= 4 is 10.0 Å². The molecule has 5 heteroatoms. The molecule has 1 heterocycles. The van der Waals surface area contributed by atoms with Gasteiger partial charge in [0.1, 0.15) is 0 Å². The molecular weight excluding hydrogens is 164 g/mol. The minimum Gasteiger partial charge on any atom is -0.305 e. The number of likely N-dealkylation sites (tertiary alicyclic amines) is 1. The number of sulfonamides is 1. The average molecular weight is 178 g/mol. The topological polar surface area (TPSA) is 49.4 Å². The van der Waals surface area contributed by atoms with Gasteiger partial charge in [-0.3, -0.25) is 0 Å². The van der Waals surface area contributed by atoms with E-state index in [1.807, 2.05) is 11.9 Å². The highest BCUT2D eigenvalue weighted by atomic mass is 32.2. The molecule has 1 aliphatic heterocycles. The van der Waals surface area contributed by atoms with Crippen molar-refractivity contribution in [2.75, 3.05) is 27.2 Å². The first-order valence-electron chi connectivity index (χ1n) is 3.67. The number of hydrogen-bond acceptors (Lipinski definition) is 3. The van der Waals surface area contributed by atoms with Crippen molar-refractivity contribution in [3.8, 4) is 0 Å². The zero-order valence-electron chi connectivity index (χ0n) is 6.87. The molecule has 0 radical (unpaired) electrons. The van der Waals surface area contributed by atoms with Gasteiger partial charge in [-0.15, -0.1) is 0 Å². The summed E-state index contributed by atoms with van der Waals surface area (Å²) in [6.07, 6.45) is 0.750. The van der Waals surface area contributed by atoms with Crippen molar-refractivity contribution < 1.29 is 8.42 Å². The third-order valence-corrected chi connectivity index (χ3v) is 3.90. The highest BCUT2D eigenvalue weighted by Gasteiger charge is 2.29. The standard InChI is InChI=1S/C6H14N2O2S/c1-7-11(9,10)6-3-4-8(2)5-6/h6-7H,3-5H2,1-2H3/t6-/m1/s1. The van der Waals surface area contributed by atoms with Gasteiger partial charge in [0.05, 0.1) is 5.25 Å². The first kappa shape index (κ1) is 8.96. The zero-order valence-corrected chi connectivity index (χ0v) is 7.69. The second-order valence-electron chi connectivity index (χ2n) is 2.92. The van der Waals surface area contributed by atoms with Crippen LogP contribution in [0.15, 0.2) is 0 Å². The van der Waals surface area contributed by atoms with Gasteiger partial charge >= 0.3 is 0 Å². The van der Waals surface area contributed by atoms with E-state index >= 15 is 0 Å². The molecule has 1 fully saturated rings. The van der Waals surface area contributed by atoms with Crippen LogP contribution >= 0.6 is 0 Å². The predicted octanol–water partition coefficient (Wildman–Crippen LogP) is -0.760. The van der Waals surface area contributed by atoms with E-state index in [1.54, 1.807) is 0 Å². The Morgan fingerprint density at radius 1 is 1.55 bits per heavy atom. The molecule has 1 atom stereocenters. The summed E-state index contributed by atoms with van der Waals surface area (Å²) in [6.45, 7) is 1.54. The lowest BCUT2D eigenvalue weighted by atomic mass is 10.4. The predicted molar refractivity (Wildman–Crippen MR) is 43.9 cm³/mol. The molecule has 0 bridgehead atoms. The lowest BCUT2D eigenvalue weighted by molar-refractivity contribution is 0.417. The molecule has 0 unspecified atom stereocenters. The summed E-state index contributed by atoms with van der Waals surface area (Å²) in [7, 11) is 0.379. The van der Waals surface area contributed by atoms with Crippen LogP contribution in [0.4, 0.5) is 0 Å². The van der Waals surface area contributed by atoms with Crippen LogP contribution in [0.2, 0.25) is 0 Å². The van der Waals surface area contributed by atoms with Crippen molar-refractivity contribution in [3.63, 3.8) is 0 Å². The summed E-state index contributed by atoms with van der Waals surface area (Å²) in [4.78, 5) is 2.03. The molecule has 1 rings (SSSR count). The molecule has 1 N–H and O–H groups in total. The Balaban J connectivity index is 2.64. The fourth-order valence-corrected chi connectivity index (χ4v) is 2.51. The maximum atomic E-state index is 11.2. The van der Waals surface area contributed by atoms with E-state index in [-0.39, 0.29) is 5.25 Å². The van der Waals surface area contributed by atoms with Crippen molar-refractivity contribution in [1.29, 1.82) is 0 Å². The maximum absolute atomic E-state index is 11.2. The van der Waals surface area contributed by atoms with Crippen LogP contribution in [0.3, 0.4) is 0 Å². The fraction of sp³-hybridized carbons (Fsp3) is 1.00. The minimum atomic E-state index is -3.02. The number of hydrogen-bond donors (Lipinski definition) is 1. The minimum absolute atomic E-state index is 0.211. The Morgan fingerprint density at radius 3 is 2.55 bits per heavy atom. The summed E-state index contributed by atoms with van der Waals surface area (Å²) in [5, 5.41) is -0.211. The molecule has 11 heavy (non-hydrogen) atoms. The third kappa shape index (κ3) is 1.91. The normalized spacial score (nSPS) is 27.6. The van der Waals surface area contributed by atoms with Crippen LogP contribution in [0.5, 0.6) is 0 Å². The summed E-state index contributed by atoms with van der Waals surface area (Å²) >= 11 is 0. The van der Waals surface area contributed by atoms with Gasteiger partial charge in [0.15, 0.2) is 0 Å². The molecule has 0 aromatic carbocycles. The van der Waals surface area contributed by atoms with Gasteiger partial charge in [0, 0.05) is 6.54 Å². The van der Waals surface area contributed by atoms with E-state index < -0.39 is 10.0 Å². The molecular formula is C6H14N2O2S. The lowest BCUT2D eigenvalue weighted by Gasteiger charge is -2.09. The van der Waals surface area contributed by atoms with Crippen molar-refractivity contribution in [2.24, 2.45) is 0 Å². The van der Waals surface area contributed by atoms with Gasteiger partial charge in [-0.25, -0.2) is 13.1 Å². The van der Waals surface area contributed by atoms with Crippen molar-refractivity contribution in [3.05, 3.63) is 0 Å². The van der Waals surface area contributed by atoms with E-state index in [4.69, 9.17) is 0 Å². The smallest absolute Gasteiger partial charge is 0.215 e. The molecule has 66 valence electrons. The van der Waals surface area contributed by atoms with Crippen LogP contribution in [0.25, 0.3) is 0 Å². The van der Waals surface area contributed by atoms with Crippen LogP contribution < -0.4 is 4.72 Å². The van der Waals surface area contributed by atoms with Crippen LogP contribution in [0.1, 0.15) is 6.42 Å². The Morgan fingerprint density at radius 2 is 2.18 bits per heavy atom. The fourth-order valence-electron chi connectivity index (χ4n) is 1.31. The highest BCUT2D eigenvalue weighted by Crippen LogP contribution is 2.13. The number of nitrogens with zero attached hydrogens (tertiary/aromatic N) is 1. The third-order valence-electron chi connectivity index (χ3n) is 2.07. The summed E-state index contributed by atoms with van der Waals surface area (Å²) < 4.78 is 24.8. The molecule has 0 amide bonds. The van der Waals surface area contributed by atoms with Crippen LogP contribution in [0, 0.1) is 0 Å². The largest absolute Gasteiger partial charge is 0.305 e. The molecule has 0 aromatic heterocycles. The summed E-state index contributed by atoms with van der Waals surface area (Å²) in [5.74, 6) is 0. The molecule has 1 saturated heterocycles. The monoisotopic (exact) mass is 178 g/mol. The van der Waals surface area contributed by atoms with Gasteiger partial charge in [-0.1, -0.05) is 0 Å². The molecule has 4 nitrogen and oxygen atoms in total. The first-order chi connectivity index (χ1) is 5.06. The molecule has 0 aromatic rings. The quantitative estimate of drug-likeness (QED) is 0.604. The zero-order chi connectivity index (χ0) is 8.48. The van der Waals surface area contributed by atoms with Gasteiger partial charge in [-0.05, 0) is 27.1 Å². The Bertz CT molecular complexity index is 225. The van der Waals surface area contributed by atoms with E-state index in [0.29, 0.717) is 6.54 Å². The van der Waals surface area contributed by atoms with Gasteiger partial charge in [-0.2, -0.15) is 0 Å². The van der Waals surface area contributed by atoms with E-state index in [1.165, 1.54) is 7.05 Å². The van der Waals surface area contributed by atoms with E-state index in [9.17, 15) is 8.42 Å². The number of rotatable bonds is 2. The molecule has 0 spiro atoms. The summed E-state index contributed by atoms with van der Waals surface area (Å²) in [5.41, 5.74) is 0. The van der Waals surface area contributed by atoms with Crippen molar-refractivity contribution in [1.82, 2.24) is 9.62 Å². The van der Waals surface area contributed by atoms with Gasteiger partial charge < -0.3 is 4.90 Å². The Labute approximate surface area is 67.6 Å². The van der Waals surface area contributed by atoms with E-state index in [0.717, 1.165) is 13.0 Å². The molecule has 0 aliphatic carbocycles. The summed E-state index contributed by atoms with van der Waals surface area (Å²) in [6, 6.07) is 0. The van der Waals surface area contributed by atoms with E-state index in [2.05, 4.69) is 4.72 Å². The van der Waals surface area contributed by atoms with Crippen LogP contribution in [-0.2, 0) is 10.0 Å². The Hall–Kier alpha value is -0.130. The number of nitrogens with one attached hydrogen (secondary N) is 1. The van der Waals surface area contributed by atoms with Crippen LogP contribution in [-0.4, -0.2) is 45.8 Å². The van der Waals surface area contributed by atoms with Crippen molar-refractivity contribution in [2.45, 2.75) is 11.7 Å². The van der Waals surface area contributed by atoms with Gasteiger partial charge in [0.2, 0.25) is 10.0 Å². The van der Waals surface area contributed by atoms with Gasteiger partial charge in [0.25, 0.3) is 0 Å². The average Bonchev–Trinajstić information content (AvgIpc) is 2.36. The highest BCUT2D eigenvalue weighted by molar-refractivity contribution is 7.90.